The second kappa shape index (κ2) is 4.20. The number of rotatable bonds is 1. The molecule has 0 fully saturated rings. The summed E-state index contributed by atoms with van der Waals surface area (Å²) in [6.45, 7) is 2.12. The molecular formula is C18H14N2. The van der Waals surface area contributed by atoms with Gasteiger partial charge in [-0.1, -0.05) is 30.3 Å². The standard InChI is InChI=1S/C18H14N2/c1-13-6-4-7-14(12-13)20-17-10-3-2-8-15(17)16-9-5-11-19-18(16)20/h2-12H,1H3. The lowest BCUT2D eigenvalue weighted by molar-refractivity contribution is 1.13. The van der Waals surface area contributed by atoms with Gasteiger partial charge in [0.1, 0.15) is 5.65 Å². The molecule has 0 saturated heterocycles. The summed E-state index contributed by atoms with van der Waals surface area (Å²) in [5.74, 6) is 0. The fourth-order valence-corrected chi connectivity index (χ4v) is 2.82. The number of nitrogens with zero attached hydrogens (tertiary/aromatic N) is 2. The van der Waals surface area contributed by atoms with Gasteiger partial charge >= 0.3 is 0 Å². The third-order valence-corrected chi connectivity index (χ3v) is 3.69. The Bertz CT molecular complexity index is 866. The molecule has 0 spiro atoms. The van der Waals surface area contributed by atoms with Gasteiger partial charge in [0.05, 0.1) is 5.52 Å². The molecule has 0 saturated carbocycles. The minimum absolute atomic E-state index is 1.01. The smallest absolute Gasteiger partial charge is 0.145 e. The molecule has 0 unspecified atom stereocenters. The van der Waals surface area contributed by atoms with Crippen molar-refractivity contribution in [3.05, 3.63) is 72.4 Å². The Morgan fingerprint density at radius 1 is 0.850 bits per heavy atom. The van der Waals surface area contributed by atoms with E-state index in [9.17, 15) is 0 Å². The SMILES string of the molecule is Cc1cccc(-n2c3ccccc3c3cccnc32)c1. The summed E-state index contributed by atoms with van der Waals surface area (Å²) in [5, 5.41) is 2.45. The fraction of sp³-hybridized carbons (Fsp3) is 0.0556. The summed E-state index contributed by atoms with van der Waals surface area (Å²) >= 11 is 0. The van der Waals surface area contributed by atoms with Crippen molar-refractivity contribution in [2.24, 2.45) is 0 Å². The van der Waals surface area contributed by atoms with E-state index in [0.717, 1.165) is 11.3 Å². The molecule has 0 radical (unpaired) electrons. The van der Waals surface area contributed by atoms with Crippen molar-refractivity contribution in [3.63, 3.8) is 0 Å². The van der Waals surface area contributed by atoms with Gasteiger partial charge in [-0.3, -0.25) is 4.57 Å². The maximum Gasteiger partial charge on any atom is 0.145 e. The molecule has 20 heavy (non-hydrogen) atoms. The normalized spacial score (nSPS) is 11.2. The number of benzene rings is 2. The Morgan fingerprint density at radius 3 is 2.60 bits per heavy atom. The van der Waals surface area contributed by atoms with E-state index in [1.54, 1.807) is 0 Å². The van der Waals surface area contributed by atoms with Crippen LogP contribution in [0, 0.1) is 6.92 Å². The summed E-state index contributed by atoms with van der Waals surface area (Å²) in [4.78, 5) is 4.59. The third kappa shape index (κ3) is 1.55. The van der Waals surface area contributed by atoms with Crippen LogP contribution in [-0.2, 0) is 0 Å². The maximum atomic E-state index is 4.59. The fourth-order valence-electron chi connectivity index (χ4n) is 2.82. The van der Waals surface area contributed by atoms with Crippen LogP contribution in [0.4, 0.5) is 0 Å². The highest BCUT2D eigenvalue weighted by molar-refractivity contribution is 6.07. The van der Waals surface area contributed by atoms with Crippen LogP contribution in [0.2, 0.25) is 0 Å². The molecule has 0 aliphatic carbocycles. The highest BCUT2D eigenvalue weighted by atomic mass is 15.0. The molecule has 0 aliphatic heterocycles. The van der Waals surface area contributed by atoms with E-state index >= 15 is 0 Å². The van der Waals surface area contributed by atoms with Crippen LogP contribution >= 0.6 is 0 Å². The highest BCUT2D eigenvalue weighted by Gasteiger charge is 2.11. The van der Waals surface area contributed by atoms with Crippen LogP contribution in [0.1, 0.15) is 5.56 Å². The van der Waals surface area contributed by atoms with E-state index in [1.807, 2.05) is 12.3 Å². The molecule has 0 atom stereocenters. The van der Waals surface area contributed by atoms with E-state index in [2.05, 4.69) is 71.1 Å². The molecular weight excluding hydrogens is 244 g/mol. The number of fused-ring (bicyclic) bond motifs is 3. The molecule has 2 nitrogen and oxygen atoms in total. The number of pyridine rings is 1. The maximum absolute atomic E-state index is 4.59. The Morgan fingerprint density at radius 2 is 1.70 bits per heavy atom. The van der Waals surface area contributed by atoms with E-state index in [0.29, 0.717) is 0 Å². The summed E-state index contributed by atoms with van der Waals surface area (Å²) < 4.78 is 2.23. The van der Waals surface area contributed by atoms with Gasteiger partial charge in [0, 0.05) is 22.7 Å². The van der Waals surface area contributed by atoms with Crippen molar-refractivity contribution in [2.45, 2.75) is 6.92 Å². The minimum Gasteiger partial charge on any atom is -0.294 e. The Labute approximate surface area is 117 Å². The van der Waals surface area contributed by atoms with Crippen molar-refractivity contribution in [2.75, 3.05) is 0 Å². The van der Waals surface area contributed by atoms with Crippen LogP contribution < -0.4 is 0 Å². The van der Waals surface area contributed by atoms with Crippen molar-refractivity contribution in [1.29, 1.82) is 0 Å². The van der Waals surface area contributed by atoms with Crippen molar-refractivity contribution >= 4 is 21.9 Å². The zero-order chi connectivity index (χ0) is 13.5. The number of aromatic nitrogens is 2. The first-order chi connectivity index (χ1) is 9.84. The zero-order valence-corrected chi connectivity index (χ0v) is 11.2. The van der Waals surface area contributed by atoms with Crippen molar-refractivity contribution in [3.8, 4) is 5.69 Å². The first-order valence-corrected chi connectivity index (χ1v) is 6.76. The second-order valence-electron chi connectivity index (χ2n) is 5.07. The lowest BCUT2D eigenvalue weighted by atomic mass is 10.2. The van der Waals surface area contributed by atoms with Gasteiger partial charge in [0.25, 0.3) is 0 Å². The largest absolute Gasteiger partial charge is 0.294 e. The van der Waals surface area contributed by atoms with Crippen molar-refractivity contribution < 1.29 is 0 Å². The lowest BCUT2D eigenvalue weighted by Gasteiger charge is -2.07. The topological polar surface area (TPSA) is 17.8 Å². The molecule has 2 heterocycles. The van der Waals surface area contributed by atoms with E-state index in [-0.39, 0.29) is 0 Å². The summed E-state index contributed by atoms with van der Waals surface area (Å²) in [7, 11) is 0. The molecule has 0 N–H and O–H groups in total. The first kappa shape index (κ1) is 11.2. The lowest BCUT2D eigenvalue weighted by Crippen LogP contribution is -1.95. The van der Waals surface area contributed by atoms with Gasteiger partial charge in [-0.2, -0.15) is 0 Å². The van der Waals surface area contributed by atoms with Crippen LogP contribution in [0.25, 0.3) is 27.6 Å². The number of para-hydroxylation sites is 1. The van der Waals surface area contributed by atoms with Crippen molar-refractivity contribution in [1.82, 2.24) is 9.55 Å². The molecule has 0 aliphatic rings. The average molecular weight is 258 g/mol. The zero-order valence-electron chi connectivity index (χ0n) is 11.2. The Kier molecular flexibility index (Phi) is 2.36. The monoisotopic (exact) mass is 258 g/mol. The summed E-state index contributed by atoms with van der Waals surface area (Å²) in [5.41, 5.74) is 4.63. The van der Waals surface area contributed by atoms with Gasteiger partial charge in [0.2, 0.25) is 0 Å². The van der Waals surface area contributed by atoms with Crippen LogP contribution in [-0.4, -0.2) is 9.55 Å². The number of hydrogen-bond donors (Lipinski definition) is 0. The van der Waals surface area contributed by atoms with Gasteiger partial charge in [-0.25, -0.2) is 4.98 Å². The van der Waals surface area contributed by atoms with Crippen LogP contribution in [0.3, 0.4) is 0 Å². The van der Waals surface area contributed by atoms with Crippen LogP contribution in [0.15, 0.2) is 66.9 Å². The number of aryl methyl sites for hydroxylation is 1. The summed E-state index contributed by atoms with van der Waals surface area (Å²) in [6, 6.07) is 21.1. The molecule has 2 heteroatoms. The summed E-state index contributed by atoms with van der Waals surface area (Å²) in [6.07, 6.45) is 1.85. The predicted octanol–water partition coefficient (Wildman–Crippen LogP) is 4.49. The molecule has 2 aromatic heterocycles. The Hall–Kier alpha value is -2.61. The highest BCUT2D eigenvalue weighted by Crippen LogP contribution is 2.30. The van der Waals surface area contributed by atoms with Gasteiger partial charge in [-0.05, 0) is 42.8 Å². The minimum atomic E-state index is 1.01. The van der Waals surface area contributed by atoms with E-state index in [4.69, 9.17) is 0 Å². The van der Waals surface area contributed by atoms with Crippen LogP contribution in [0.5, 0.6) is 0 Å². The van der Waals surface area contributed by atoms with E-state index in [1.165, 1.54) is 21.9 Å². The molecule has 4 rings (SSSR count). The quantitative estimate of drug-likeness (QED) is 0.492. The van der Waals surface area contributed by atoms with E-state index < -0.39 is 0 Å². The molecule has 4 aromatic rings. The predicted molar refractivity (Wildman–Crippen MR) is 83.3 cm³/mol. The molecule has 0 amide bonds. The second-order valence-corrected chi connectivity index (χ2v) is 5.07. The average Bonchev–Trinajstić information content (AvgIpc) is 2.82. The number of hydrogen-bond acceptors (Lipinski definition) is 1. The molecule has 0 bridgehead atoms. The van der Waals surface area contributed by atoms with Gasteiger partial charge < -0.3 is 0 Å². The van der Waals surface area contributed by atoms with Gasteiger partial charge in [0.15, 0.2) is 0 Å². The van der Waals surface area contributed by atoms with Gasteiger partial charge in [-0.15, -0.1) is 0 Å². The molecule has 96 valence electrons. The Balaban J connectivity index is 2.21. The third-order valence-electron chi connectivity index (χ3n) is 3.69. The molecule has 2 aromatic carbocycles. The first-order valence-electron chi connectivity index (χ1n) is 6.76.